The van der Waals surface area contributed by atoms with E-state index in [0.29, 0.717) is 18.3 Å². The second-order valence-corrected chi connectivity index (χ2v) is 5.32. The van der Waals surface area contributed by atoms with Gasteiger partial charge in [-0.25, -0.2) is 0 Å². The molecule has 6 nitrogen and oxygen atoms in total. The molecule has 1 aliphatic carbocycles. The quantitative estimate of drug-likeness (QED) is 0.565. The van der Waals surface area contributed by atoms with Crippen LogP contribution in [0, 0.1) is 12.8 Å². The van der Waals surface area contributed by atoms with Gasteiger partial charge in [-0.15, -0.1) is 10.2 Å². The fraction of sp³-hybridized carbons (Fsp3) is 0.727. The SMILES string of the molecule is Cc1nnc(SCC(=O)O)n1CCOCC1CC1. The van der Waals surface area contributed by atoms with Crippen LogP contribution in [0.2, 0.25) is 0 Å². The minimum atomic E-state index is -0.850. The molecular weight excluding hydrogens is 254 g/mol. The summed E-state index contributed by atoms with van der Waals surface area (Å²) < 4.78 is 7.47. The number of aromatic nitrogens is 3. The smallest absolute Gasteiger partial charge is 0.313 e. The van der Waals surface area contributed by atoms with E-state index in [4.69, 9.17) is 9.84 Å². The Hall–Kier alpha value is -1.08. The second-order valence-electron chi connectivity index (χ2n) is 4.38. The van der Waals surface area contributed by atoms with Crippen molar-refractivity contribution in [3.8, 4) is 0 Å². The summed E-state index contributed by atoms with van der Waals surface area (Å²) >= 11 is 1.19. The molecule has 100 valence electrons. The highest BCUT2D eigenvalue weighted by Crippen LogP contribution is 2.28. The van der Waals surface area contributed by atoms with Gasteiger partial charge >= 0.3 is 5.97 Å². The Morgan fingerprint density at radius 2 is 2.33 bits per heavy atom. The lowest BCUT2D eigenvalue weighted by atomic mass is 10.5. The molecular formula is C11H17N3O3S. The summed E-state index contributed by atoms with van der Waals surface area (Å²) in [5.74, 6) is 0.698. The van der Waals surface area contributed by atoms with E-state index in [1.165, 1.54) is 24.6 Å². The number of carboxylic acids is 1. The molecule has 2 rings (SSSR count). The van der Waals surface area contributed by atoms with Crippen molar-refractivity contribution >= 4 is 17.7 Å². The molecule has 0 aromatic carbocycles. The van der Waals surface area contributed by atoms with E-state index in [0.717, 1.165) is 18.3 Å². The minimum absolute atomic E-state index is 0.00106. The monoisotopic (exact) mass is 271 g/mol. The Labute approximate surface area is 110 Å². The van der Waals surface area contributed by atoms with Crippen molar-refractivity contribution in [2.45, 2.75) is 31.5 Å². The van der Waals surface area contributed by atoms with Gasteiger partial charge in [-0.2, -0.15) is 0 Å². The number of aliphatic carboxylic acids is 1. The van der Waals surface area contributed by atoms with E-state index in [1.54, 1.807) is 0 Å². The minimum Gasteiger partial charge on any atom is -0.481 e. The Balaban J connectivity index is 1.80. The topological polar surface area (TPSA) is 77.2 Å². The zero-order valence-corrected chi connectivity index (χ0v) is 11.2. The number of carboxylic acid groups (broad SMARTS) is 1. The maximum absolute atomic E-state index is 10.5. The second kappa shape index (κ2) is 6.19. The van der Waals surface area contributed by atoms with E-state index >= 15 is 0 Å². The Morgan fingerprint density at radius 1 is 1.56 bits per heavy atom. The van der Waals surface area contributed by atoms with Crippen LogP contribution in [-0.4, -0.2) is 44.8 Å². The molecule has 18 heavy (non-hydrogen) atoms. The maximum Gasteiger partial charge on any atom is 0.313 e. The van der Waals surface area contributed by atoms with E-state index in [-0.39, 0.29) is 5.75 Å². The van der Waals surface area contributed by atoms with Crippen LogP contribution < -0.4 is 0 Å². The highest BCUT2D eigenvalue weighted by Gasteiger charge is 2.21. The zero-order valence-electron chi connectivity index (χ0n) is 10.3. The number of aryl methyl sites for hydroxylation is 1. The van der Waals surface area contributed by atoms with Crippen molar-refractivity contribution in [2.75, 3.05) is 19.0 Å². The number of rotatable bonds is 8. The molecule has 0 atom stereocenters. The van der Waals surface area contributed by atoms with Crippen LogP contribution >= 0.6 is 11.8 Å². The van der Waals surface area contributed by atoms with Crippen LogP contribution in [0.25, 0.3) is 0 Å². The van der Waals surface area contributed by atoms with Crippen molar-refractivity contribution in [1.29, 1.82) is 0 Å². The highest BCUT2D eigenvalue weighted by atomic mass is 32.2. The van der Waals surface area contributed by atoms with Gasteiger partial charge in [0.05, 0.1) is 12.4 Å². The van der Waals surface area contributed by atoms with Crippen molar-refractivity contribution in [3.05, 3.63) is 5.82 Å². The Morgan fingerprint density at radius 3 is 3.00 bits per heavy atom. The molecule has 0 aliphatic heterocycles. The van der Waals surface area contributed by atoms with E-state index < -0.39 is 5.97 Å². The molecule has 1 aromatic heterocycles. The first-order chi connectivity index (χ1) is 8.66. The number of hydrogen-bond acceptors (Lipinski definition) is 5. The zero-order chi connectivity index (χ0) is 13.0. The third kappa shape index (κ3) is 3.99. The first kappa shape index (κ1) is 13.4. The lowest BCUT2D eigenvalue weighted by molar-refractivity contribution is -0.133. The number of nitrogens with zero attached hydrogens (tertiary/aromatic N) is 3. The summed E-state index contributed by atoms with van der Waals surface area (Å²) in [5.41, 5.74) is 0. The molecule has 1 heterocycles. The first-order valence-electron chi connectivity index (χ1n) is 5.99. The van der Waals surface area contributed by atoms with Crippen LogP contribution in [0.5, 0.6) is 0 Å². The third-order valence-electron chi connectivity index (χ3n) is 2.74. The van der Waals surface area contributed by atoms with Gasteiger partial charge in [0, 0.05) is 13.2 Å². The molecule has 1 aliphatic rings. The Kier molecular flexibility index (Phi) is 4.60. The van der Waals surface area contributed by atoms with Gasteiger partial charge in [0.15, 0.2) is 5.16 Å². The standard InChI is InChI=1S/C11H17N3O3S/c1-8-12-13-11(18-7-10(15)16)14(8)4-5-17-6-9-2-3-9/h9H,2-7H2,1H3,(H,15,16). The lowest BCUT2D eigenvalue weighted by Crippen LogP contribution is -2.10. The third-order valence-corrected chi connectivity index (χ3v) is 3.69. The summed E-state index contributed by atoms with van der Waals surface area (Å²) in [6.45, 7) is 3.99. The highest BCUT2D eigenvalue weighted by molar-refractivity contribution is 7.99. The van der Waals surface area contributed by atoms with E-state index in [2.05, 4.69) is 10.2 Å². The molecule has 1 aromatic rings. The van der Waals surface area contributed by atoms with Crippen molar-refractivity contribution in [1.82, 2.24) is 14.8 Å². The summed E-state index contributed by atoms with van der Waals surface area (Å²) in [5, 5.41) is 17.2. The number of hydrogen-bond donors (Lipinski definition) is 1. The summed E-state index contributed by atoms with van der Waals surface area (Å²) in [6.07, 6.45) is 2.57. The van der Waals surface area contributed by atoms with Crippen LogP contribution in [0.1, 0.15) is 18.7 Å². The summed E-state index contributed by atoms with van der Waals surface area (Å²) in [6, 6.07) is 0. The lowest BCUT2D eigenvalue weighted by Gasteiger charge is -2.08. The normalized spacial score (nSPS) is 14.9. The molecule has 0 amide bonds. The molecule has 1 saturated carbocycles. The first-order valence-corrected chi connectivity index (χ1v) is 6.97. The average molecular weight is 271 g/mol. The van der Waals surface area contributed by atoms with Gasteiger partial charge in [0.1, 0.15) is 5.82 Å². The van der Waals surface area contributed by atoms with Gasteiger partial charge in [0.2, 0.25) is 0 Å². The van der Waals surface area contributed by atoms with Crippen molar-refractivity contribution < 1.29 is 14.6 Å². The van der Waals surface area contributed by atoms with Gasteiger partial charge in [-0.05, 0) is 25.7 Å². The molecule has 0 bridgehead atoms. The average Bonchev–Trinajstić information content (AvgIpc) is 3.08. The molecule has 0 unspecified atom stereocenters. The summed E-state index contributed by atoms with van der Waals surface area (Å²) in [4.78, 5) is 10.5. The number of ether oxygens (including phenoxy) is 1. The van der Waals surface area contributed by atoms with Gasteiger partial charge in [-0.3, -0.25) is 4.79 Å². The van der Waals surface area contributed by atoms with E-state index in [1.807, 2.05) is 11.5 Å². The van der Waals surface area contributed by atoms with Crippen LogP contribution in [0.4, 0.5) is 0 Å². The van der Waals surface area contributed by atoms with Gasteiger partial charge in [-0.1, -0.05) is 11.8 Å². The fourth-order valence-corrected chi connectivity index (χ4v) is 2.27. The molecule has 0 radical (unpaired) electrons. The predicted molar refractivity (Wildman–Crippen MR) is 66.7 cm³/mol. The van der Waals surface area contributed by atoms with Crippen LogP contribution in [0.15, 0.2) is 5.16 Å². The molecule has 0 spiro atoms. The van der Waals surface area contributed by atoms with Gasteiger partial charge in [0.25, 0.3) is 0 Å². The van der Waals surface area contributed by atoms with E-state index in [9.17, 15) is 4.79 Å². The van der Waals surface area contributed by atoms with Crippen molar-refractivity contribution in [2.24, 2.45) is 5.92 Å². The van der Waals surface area contributed by atoms with Crippen molar-refractivity contribution in [3.63, 3.8) is 0 Å². The summed E-state index contributed by atoms with van der Waals surface area (Å²) in [7, 11) is 0. The van der Waals surface area contributed by atoms with Gasteiger partial charge < -0.3 is 14.4 Å². The molecule has 7 heteroatoms. The molecule has 0 saturated heterocycles. The molecule has 1 N–H and O–H groups in total. The predicted octanol–water partition coefficient (Wildman–Crippen LogP) is 1.19. The van der Waals surface area contributed by atoms with Crippen LogP contribution in [0.3, 0.4) is 0 Å². The number of thioether (sulfide) groups is 1. The Bertz CT molecular complexity index is 418. The largest absolute Gasteiger partial charge is 0.481 e. The number of carbonyl (C=O) groups is 1. The maximum atomic E-state index is 10.5. The molecule has 1 fully saturated rings. The fourth-order valence-electron chi connectivity index (χ4n) is 1.54. The van der Waals surface area contributed by atoms with Crippen LogP contribution in [-0.2, 0) is 16.1 Å².